The molecule has 5 heteroatoms. The van der Waals surface area contributed by atoms with Gasteiger partial charge in [0.1, 0.15) is 6.26 Å². The van der Waals surface area contributed by atoms with Crippen molar-refractivity contribution in [2.45, 2.75) is 13.0 Å². The summed E-state index contributed by atoms with van der Waals surface area (Å²) in [6, 6.07) is -0.0209. The van der Waals surface area contributed by atoms with E-state index in [1.54, 1.807) is 7.11 Å². The molecule has 1 aromatic heterocycles. The van der Waals surface area contributed by atoms with Crippen LogP contribution in [-0.2, 0) is 4.74 Å². The first-order chi connectivity index (χ1) is 6.24. The van der Waals surface area contributed by atoms with Crippen molar-refractivity contribution in [3.8, 4) is 0 Å². The summed E-state index contributed by atoms with van der Waals surface area (Å²) in [6.45, 7) is 2.34. The van der Waals surface area contributed by atoms with Crippen LogP contribution in [0.5, 0.6) is 0 Å². The molecule has 1 amide bonds. The standard InChI is InChI=1S/C8H12N2O3/c1-6(4-12-2)10-8(11)7-3-9-13-5-7/h3,5-6H,4H2,1-2H3,(H,10,11). The Morgan fingerprint density at radius 1 is 1.85 bits per heavy atom. The van der Waals surface area contributed by atoms with Gasteiger partial charge in [0.05, 0.1) is 18.4 Å². The fourth-order valence-corrected chi connectivity index (χ4v) is 0.916. The zero-order valence-electron chi connectivity index (χ0n) is 7.61. The van der Waals surface area contributed by atoms with Crippen LogP contribution in [0.4, 0.5) is 0 Å². The minimum absolute atomic E-state index is 0.0209. The van der Waals surface area contributed by atoms with Crippen LogP contribution in [0.1, 0.15) is 17.3 Å². The number of nitrogens with one attached hydrogen (secondary N) is 1. The van der Waals surface area contributed by atoms with Gasteiger partial charge in [0, 0.05) is 13.2 Å². The number of carbonyl (C=O) groups is 1. The van der Waals surface area contributed by atoms with Crippen LogP contribution in [0.25, 0.3) is 0 Å². The van der Waals surface area contributed by atoms with E-state index in [2.05, 4.69) is 15.0 Å². The maximum Gasteiger partial charge on any atom is 0.256 e. The smallest absolute Gasteiger partial charge is 0.256 e. The fraction of sp³-hybridized carbons (Fsp3) is 0.500. The highest BCUT2D eigenvalue weighted by atomic mass is 16.5. The normalized spacial score (nSPS) is 12.5. The largest absolute Gasteiger partial charge is 0.383 e. The maximum atomic E-state index is 11.3. The summed E-state index contributed by atoms with van der Waals surface area (Å²) in [5.41, 5.74) is 0.419. The number of methoxy groups -OCH3 is 1. The lowest BCUT2D eigenvalue weighted by Crippen LogP contribution is -2.35. The van der Waals surface area contributed by atoms with Crippen LogP contribution < -0.4 is 5.32 Å². The van der Waals surface area contributed by atoms with Gasteiger partial charge in [-0.25, -0.2) is 0 Å². The Bertz CT molecular complexity index is 258. The lowest BCUT2D eigenvalue weighted by Gasteiger charge is -2.10. The van der Waals surface area contributed by atoms with E-state index < -0.39 is 0 Å². The van der Waals surface area contributed by atoms with Crippen molar-refractivity contribution in [3.05, 3.63) is 18.0 Å². The monoisotopic (exact) mass is 184 g/mol. The summed E-state index contributed by atoms with van der Waals surface area (Å²) in [5, 5.41) is 6.15. The third-order valence-corrected chi connectivity index (χ3v) is 1.49. The maximum absolute atomic E-state index is 11.3. The SMILES string of the molecule is COCC(C)NC(=O)c1cnoc1. The fourth-order valence-electron chi connectivity index (χ4n) is 0.916. The van der Waals surface area contributed by atoms with Crippen LogP contribution in [0.3, 0.4) is 0 Å². The summed E-state index contributed by atoms with van der Waals surface area (Å²) in [4.78, 5) is 11.3. The first-order valence-corrected chi connectivity index (χ1v) is 3.93. The van der Waals surface area contributed by atoms with E-state index in [0.29, 0.717) is 12.2 Å². The van der Waals surface area contributed by atoms with Gasteiger partial charge in [0.15, 0.2) is 0 Å². The molecule has 1 atom stereocenters. The number of ether oxygens (including phenoxy) is 1. The van der Waals surface area contributed by atoms with E-state index in [0.717, 1.165) is 0 Å². The van der Waals surface area contributed by atoms with Crippen molar-refractivity contribution in [2.24, 2.45) is 0 Å². The van der Waals surface area contributed by atoms with E-state index in [1.165, 1.54) is 12.5 Å². The molecule has 0 aliphatic carbocycles. The number of nitrogens with zero attached hydrogens (tertiary/aromatic N) is 1. The number of aromatic nitrogens is 1. The molecule has 0 spiro atoms. The Morgan fingerprint density at radius 2 is 2.62 bits per heavy atom. The lowest BCUT2D eigenvalue weighted by molar-refractivity contribution is 0.0905. The molecule has 0 aromatic carbocycles. The molecule has 0 radical (unpaired) electrons. The first-order valence-electron chi connectivity index (χ1n) is 3.93. The molecule has 1 N–H and O–H groups in total. The molecular weight excluding hydrogens is 172 g/mol. The van der Waals surface area contributed by atoms with Gasteiger partial charge in [-0.05, 0) is 6.92 Å². The van der Waals surface area contributed by atoms with E-state index >= 15 is 0 Å². The van der Waals surface area contributed by atoms with Gasteiger partial charge in [-0.3, -0.25) is 4.79 Å². The highest BCUT2D eigenvalue weighted by Crippen LogP contribution is 1.96. The molecule has 1 aromatic rings. The molecule has 1 heterocycles. The molecule has 72 valence electrons. The molecule has 0 saturated heterocycles. The predicted molar refractivity (Wildman–Crippen MR) is 45.3 cm³/mol. The van der Waals surface area contributed by atoms with E-state index in [9.17, 15) is 4.79 Å². The van der Waals surface area contributed by atoms with Gasteiger partial charge >= 0.3 is 0 Å². The van der Waals surface area contributed by atoms with E-state index in [-0.39, 0.29) is 11.9 Å². The second-order valence-electron chi connectivity index (χ2n) is 2.74. The number of hydrogen-bond donors (Lipinski definition) is 1. The van der Waals surface area contributed by atoms with Crippen molar-refractivity contribution in [3.63, 3.8) is 0 Å². The summed E-state index contributed by atoms with van der Waals surface area (Å²) >= 11 is 0. The van der Waals surface area contributed by atoms with Crippen molar-refractivity contribution in [1.29, 1.82) is 0 Å². The average molecular weight is 184 g/mol. The van der Waals surface area contributed by atoms with Gasteiger partial charge in [0.25, 0.3) is 5.91 Å². The highest BCUT2D eigenvalue weighted by Gasteiger charge is 2.10. The molecule has 13 heavy (non-hydrogen) atoms. The van der Waals surface area contributed by atoms with E-state index in [4.69, 9.17) is 4.74 Å². The first kappa shape index (κ1) is 9.73. The number of amides is 1. The Balaban J connectivity index is 2.42. The predicted octanol–water partition coefficient (Wildman–Crippen LogP) is 0.439. The van der Waals surface area contributed by atoms with Crippen LogP contribution in [-0.4, -0.2) is 30.8 Å². The topological polar surface area (TPSA) is 64.4 Å². The van der Waals surface area contributed by atoms with Crippen molar-refractivity contribution in [1.82, 2.24) is 10.5 Å². The summed E-state index contributed by atoms with van der Waals surface area (Å²) in [6.07, 6.45) is 2.67. The number of carbonyl (C=O) groups excluding carboxylic acids is 1. The van der Waals surface area contributed by atoms with Crippen LogP contribution in [0.2, 0.25) is 0 Å². The van der Waals surface area contributed by atoms with Gasteiger partial charge in [0.2, 0.25) is 0 Å². The summed E-state index contributed by atoms with van der Waals surface area (Å²) in [7, 11) is 1.59. The Hall–Kier alpha value is -1.36. The molecular formula is C8H12N2O3. The number of hydrogen-bond acceptors (Lipinski definition) is 4. The third kappa shape index (κ3) is 2.87. The number of rotatable bonds is 4. The summed E-state index contributed by atoms with van der Waals surface area (Å²) in [5.74, 6) is -0.203. The molecule has 0 saturated carbocycles. The Kier molecular flexibility index (Phi) is 3.45. The second kappa shape index (κ2) is 4.61. The van der Waals surface area contributed by atoms with Crippen molar-refractivity contribution >= 4 is 5.91 Å². The highest BCUT2D eigenvalue weighted by molar-refractivity contribution is 5.93. The molecule has 1 unspecified atom stereocenters. The Labute approximate surface area is 76.0 Å². The van der Waals surface area contributed by atoms with Crippen LogP contribution >= 0.6 is 0 Å². The molecule has 5 nitrogen and oxygen atoms in total. The van der Waals surface area contributed by atoms with Crippen LogP contribution in [0.15, 0.2) is 17.0 Å². The van der Waals surface area contributed by atoms with Crippen LogP contribution in [0, 0.1) is 0 Å². The minimum Gasteiger partial charge on any atom is -0.383 e. The zero-order chi connectivity index (χ0) is 9.68. The second-order valence-corrected chi connectivity index (χ2v) is 2.74. The third-order valence-electron chi connectivity index (χ3n) is 1.49. The quantitative estimate of drug-likeness (QED) is 0.737. The molecule has 0 bridgehead atoms. The molecule has 1 rings (SSSR count). The molecule has 0 aliphatic heterocycles. The van der Waals surface area contributed by atoms with Gasteiger partial charge in [-0.2, -0.15) is 0 Å². The Morgan fingerprint density at radius 3 is 3.15 bits per heavy atom. The molecule has 0 aliphatic rings. The van der Waals surface area contributed by atoms with Gasteiger partial charge in [-0.15, -0.1) is 0 Å². The van der Waals surface area contributed by atoms with Crippen molar-refractivity contribution in [2.75, 3.05) is 13.7 Å². The zero-order valence-corrected chi connectivity index (χ0v) is 7.61. The minimum atomic E-state index is -0.203. The average Bonchev–Trinajstić information content (AvgIpc) is 2.55. The van der Waals surface area contributed by atoms with Gasteiger partial charge < -0.3 is 14.6 Å². The lowest BCUT2D eigenvalue weighted by atomic mass is 10.3. The van der Waals surface area contributed by atoms with Crippen molar-refractivity contribution < 1.29 is 14.1 Å². The summed E-state index contributed by atoms with van der Waals surface area (Å²) < 4.78 is 9.40. The van der Waals surface area contributed by atoms with Gasteiger partial charge in [-0.1, -0.05) is 5.16 Å². The van der Waals surface area contributed by atoms with E-state index in [1.807, 2.05) is 6.92 Å². The molecule has 0 fully saturated rings.